The second kappa shape index (κ2) is 6.10. The maximum Gasteiger partial charge on any atom is 0.341 e. The molecule has 1 aliphatic carbocycles. The van der Waals surface area contributed by atoms with E-state index in [4.69, 9.17) is 9.47 Å². The number of hydrogen-bond donors (Lipinski definition) is 0. The van der Waals surface area contributed by atoms with Crippen LogP contribution in [0.2, 0.25) is 0 Å². The monoisotopic (exact) mass is 264 g/mol. The van der Waals surface area contributed by atoms with E-state index in [9.17, 15) is 4.79 Å². The molecule has 19 heavy (non-hydrogen) atoms. The predicted octanol–water partition coefficient (Wildman–Crippen LogP) is 2.63. The number of esters is 1. The molecule has 0 amide bonds. The molecule has 1 saturated carbocycles. The molecule has 5 nitrogen and oxygen atoms in total. The number of methoxy groups -OCH3 is 1. The summed E-state index contributed by atoms with van der Waals surface area (Å²) in [5.74, 6) is 0.692. The van der Waals surface area contributed by atoms with Gasteiger partial charge >= 0.3 is 5.97 Å². The maximum absolute atomic E-state index is 11.9. The third-order valence-electron chi connectivity index (χ3n) is 3.24. The van der Waals surface area contributed by atoms with Crippen LogP contribution in [0.3, 0.4) is 0 Å². The first-order valence-electron chi connectivity index (χ1n) is 6.77. The highest BCUT2D eigenvalue weighted by atomic mass is 16.5. The third-order valence-corrected chi connectivity index (χ3v) is 3.24. The van der Waals surface area contributed by atoms with Crippen LogP contribution in [-0.4, -0.2) is 29.7 Å². The molecule has 5 heteroatoms. The van der Waals surface area contributed by atoms with Crippen LogP contribution in [0.15, 0.2) is 6.20 Å². The van der Waals surface area contributed by atoms with E-state index < -0.39 is 0 Å². The van der Waals surface area contributed by atoms with Crippen LogP contribution in [0.5, 0.6) is 0 Å². The molecule has 0 aliphatic heterocycles. The summed E-state index contributed by atoms with van der Waals surface area (Å²) in [4.78, 5) is 20.7. The zero-order chi connectivity index (χ0) is 13.8. The first-order chi connectivity index (χ1) is 9.21. The van der Waals surface area contributed by atoms with Gasteiger partial charge in [0.1, 0.15) is 6.10 Å². The van der Waals surface area contributed by atoms with Crippen molar-refractivity contribution < 1.29 is 14.3 Å². The fourth-order valence-electron chi connectivity index (χ4n) is 2.05. The summed E-state index contributed by atoms with van der Waals surface area (Å²) >= 11 is 0. The van der Waals surface area contributed by atoms with E-state index in [-0.39, 0.29) is 12.1 Å². The Morgan fingerprint density at radius 1 is 1.47 bits per heavy atom. The van der Waals surface area contributed by atoms with Crippen LogP contribution in [0.25, 0.3) is 0 Å². The number of carbonyl (C=O) groups is 1. The van der Waals surface area contributed by atoms with Crippen molar-refractivity contribution in [3.63, 3.8) is 0 Å². The number of aromatic nitrogens is 2. The van der Waals surface area contributed by atoms with Gasteiger partial charge in [0, 0.05) is 19.2 Å². The van der Waals surface area contributed by atoms with E-state index in [1.54, 1.807) is 20.2 Å². The first-order valence-corrected chi connectivity index (χ1v) is 6.77. The van der Waals surface area contributed by atoms with Gasteiger partial charge in [-0.1, -0.05) is 6.92 Å². The summed E-state index contributed by atoms with van der Waals surface area (Å²) < 4.78 is 10.4. The smallest absolute Gasteiger partial charge is 0.341 e. The van der Waals surface area contributed by atoms with Crippen LogP contribution in [0.1, 0.15) is 67.0 Å². The van der Waals surface area contributed by atoms with Gasteiger partial charge in [-0.15, -0.1) is 0 Å². The molecular formula is C14H20N2O3. The second-order valence-electron chi connectivity index (χ2n) is 4.65. The Hall–Kier alpha value is -1.49. The van der Waals surface area contributed by atoms with Crippen LogP contribution in [0, 0.1) is 0 Å². The van der Waals surface area contributed by atoms with Gasteiger partial charge in [0.05, 0.1) is 17.9 Å². The number of ether oxygens (including phenoxy) is 2. The van der Waals surface area contributed by atoms with Crippen molar-refractivity contribution in [3.05, 3.63) is 23.3 Å². The molecule has 1 heterocycles. The van der Waals surface area contributed by atoms with Crippen molar-refractivity contribution >= 4 is 5.97 Å². The van der Waals surface area contributed by atoms with Crippen molar-refractivity contribution in [2.45, 2.75) is 45.1 Å². The van der Waals surface area contributed by atoms with Gasteiger partial charge in [0.15, 0.2) is 5.82 Å². The van der Waals surface area contributed by atoms with E-state index in [1.807, 2.05) is 6.92 Å². The van der Waals surface area contributed by atoms with E-state index in [2.05, 4.69) is 9.97 Å². The van der Waals surface area contributed by atoms with E-state index in [0.717, 1.165) is 25.0 Å². The quantitative estimate of drug-likeness (QED) is 0.739. The fraction of sp³-hybridized carbons (Fsp3) is 0.643. The number of carbonyl (C=O) groups excluding carboxylic acids is 1. The Kier molecular flexibility index (Phi) is 4.47. The first kappa shape index (κ1) is 13.9. The number of rotatable bonds is 6. The predicted molar refractivity (Wildman–Crippen MR) is 70.0 cm³/mol. The van der Waals surface area contributed by atoms with Gasteiger partial charge in [0.2, 0.25) is 0 Å². The molecule has 1 aliphatic rings. The molecule has 0 saturated heterocycles. The lowest BCUT2D eigenvalue weighted by Gasteiger charge is -2.14. The zero-order valence-corrected chi connectivity index (χ0v) is 11.7. The lowest BCUT2D eigenvalue weighted by molar-refractivity contribution is 0.0522. The molecule has 104 valence electrons. The molecule has 1 unspecified atom stereocenters. The molecule has 1 atom stereocenters. The summed E-state index contributed by atoms with van der Waals surface area (Å²) in [7, 11) is 1.65. The van der Waals surface area contributed by atoms with Gasteiger partial charge in [-0.2, -0.15) is 0 Å². The van der Waals surface area contributed by atoms with Crippen molar-refractivity contribution in [2.24, 2.45) is 0 Å². The topological polar surface area (TPSA) is 61.3 Å². The van der Waals surface area contributed by atoms with Crippen molar-refractivity contribution in [1.82, 2.24) is 9.97 Å². The molecule has 1 fully saturated rings. The largest absolute Gasteiger partial charge is 0.462 e. The standard InChI is InChI=1S/C14H20N2O3/c1-4-11(18-3)13-15-8-10(14(17)19-5-2)12(16-13)9-6-7-9/h8-9,11H,4-7H2,1-3H3. The highest BCUT2D eigenvalue weighted by Crippen LogP contribution is 2.41. The van der Waals surface area contributed by atoms with Crippen LogP contribution in [-0.2, 0) is 9.47 Å². The lowest BCUT2D eigenvalue weighted by Crippen LogP contribution is -2.14. The molecule has 1 aromatic rings. The molecular weight excluding hydrogens is 244 g/mol. The van der Waals surface area contributed by atoms with Crippen molar-refractivity contribution in [3.8, 4) is 0 Å². The summed E-state index contributed by atoms with van der Waals surface area (Å²) in [6, 6.07) is 0. The molecule has 2 rings (SSSR count). The van der Waals surface area contributed by atoms with Gasteiger partial charge in [0.25, 0.3) is 0 Å². The van der Waals surface area contributed by atoms with E-state index in [1.165, 1.54) is 0 Å². The summed E-state index contributed by atoms with van der Waals surface area (Å²) in [6.45, 7) is 4.18. The Morgan fingerprint density at radius 2 is 2.21 bits per heavy atom. The minimum absolute atomic E-state index is 0.117. The molecule has 0 aromatic carbocycles. The third kappa shape index (κ3) is 3.10. The van der Waals surface area contributed by atoms with Gasteiger partial charge < -0.3 is 9.47 Å². The van der Waals surface area contributed by atoms with E-state index >= 15 is 0 Å². The second-order valence-corrected chi connectivity index (χ2v) is 4.65. The Bertz CT molecular complexity index is 454. The number of nitrogens with zero attached hydrogens (tertiary/aromatic N) is 2. The molecule has 0 N–H and O–H groups in total. The average Bonchev–Trinajstić information content (AvgIpc) is 3.24. The highest BCUT2D eigenvalue weighted by Gasteiger charge is 2.31. The molecule has 0 bridgehead atoms. The summed E-state index contributed by atoms with van der Waals surface area (Å²) in [5, 5.41) is 0. The van der Waals surface area contributed by atoms with Crippen molar-refractivity contribution in [1.29, 1.82) is 0 Å². The lowest BCUT2D eigenvalue weighted by atomic mass is 10.1. The van der Waals surface area contributed by atoms with Crippen LogP contribution >= 0.6 is 0 Å². The highest BCUT2D eigenvalue weighted by molar-refractivity contribution is 5.90. The van der Waals surface area contributed by atoms with Gasteiger partial charge in [-0.05, 0) is 26.2 Å². The number of hydrogen-bond acceptors (Lipinski definition) is 5. The minimum atomic E-state index is -0.332. The van der Waals surface area contributed by atoms with Crippen LogP contribution in [0.4, 0.5) is 0 Å². The normalized spacial score (nSPS) is 16.2. The molecule has 0 spiro atoms. The molecule has 0 radical (unpaired) electrons. The Labute approximate surface area is 113 Å². The van der Waals surface area contributed by atoms with Gasteiger partial charge in [-0.3, -0.25) is 0 Å². The molecule has 1 aromatic heterocycles. The fourth-order valence-corrected chi connectivity index (χ4v) is 2.05. The Morgan fingerprint density at radius 3 is 2.74 bits per heavy atom. The summed E-state index contributed by atoms with van der Waals surface area (Å²) in [5.41, 5.74) is 1.32. The maximum atomic E-state index is 11.9. The van der Waals surface area contributed by atoms with Gasteiger partial charge in [-0.25, -0.2) is 14.8 Å². The zero-order valence-electron chi connectivity index (χ0n) is 11.7. The minimum Gasteiger partial charge on any atom is -0.462 e. The summed E-state index contributed by atoms with van der Waals surface area (Å²) in [6.07, 6.45) is 4.42. The Balaban J connectivity index is 2.32. The SMILES string of the molecule is CCOC(=O)c1cnc(C(CC)OC)nc1C1CC1. The van der Waals surface area contributed by atoms with E-state index in [0.29, 0.717) is 23.9 Å². The van der Waals surface area contributed by atoms with Crippen molar-refractivity contribution in [2.75, 3.05) is 13.7 Å². The average molecular weight is 264 g/mol. The van der Waals surface area contributed by atoms with Crippen LogP contribution < -0.4 is 0 Å².